The van der Waals surface area contributed by atoms with E-state index in [2.05, 4.69) is 20.5 Å². The number of piperidine rings is 1. The Bertz CT molecular complexity index is 605. The molecule has 1 heterocycles. The smallest absolute Gasteiger partial charge is 0.221 e. The number of guanidine groups is 1. The van der Waals surface area contributed by atoms with Crippen LogP contribution in [-0.2, 0) is 11.3 Å². The average molecular weight is 361 g/mol. The van der Waals surface area contributed by atoms with E-state index >= 15 is 0 Å². The predicted octanol–water partition coefficient (Wildman–Crippen LogP) is 0.948. The maximum atomic E-state index is 11.3. The summed E-state index contributed by atoms with van der Waals surface area (Å²) in [7, 11) is 3.44. The summed E-state index contributed by atoms with van der Waals surface area (Å²) in [4.78, 5) is 17.9. The molecule has 2 rings (SSSR count). The Labute approximate surface area is 156 Å². The van der Waals surface area contributed by atoms with Crippen LogP contribution in [0.1, 0.15) is 24.8 Å². The fourth-order valence-electron chi connectivity index (χ4n) is 3.25. The quantitative estimate of drug-likeness (QED) is 0.364. The lowest BCUT2D eigenvalue weighted by Crippen LogP contribution is -2.42. The van der Waals surface area contributed by atoms with Gasteiger partial charge in [0.2, 0.25) is 5.91 Å². The van der Waals surface area contributed by atoms with Crippen molar-refractivity contribution in [3.05, 3.63) is 29.8 Å². The lowest BCUT2D eigenvalue weighted by atomic mass is 9.97. The van der Waals surface area contributed by atoms with Gasteiger partial charge in [-0.05, 0) is 38.4 Å². The number of likely N-dealkylation sites (tertiary alicyclic amines) is 1. The van der Waals surface area contributed by atoms with E-state index in [-0.39, 0.29) is 11.8 Å². The summed E-state index contributed by atoms with van der Waals surface area (Å²) in [6, 6.07) is 7.93. The number of nitrogens with two attached hydrogens (primary N) is 1. The van der Waals surface area contributed by atoms with Crippen molar-refractivity contribution in [3.8, 4) is 5.75 Å². The highest BCUT2D eigenvalue weighted by atomic mass is 16.5. The predicted molar refractivity (Wildman–Crippen MR) is 104 cm³/mol. The van der Waals surface area contributed by atoms with Gasteiger partial charge in [-0.2, -0.15) is 0 Å². The molecule has 1 atom stereocenters. The first-order valence-electron chi connectivity index (χ1n) is 9.22. The zero-order valence-corrected chi connectivity index (χ0v) is 15.8. The Morgan fingerprint density at radius 3 is 2.92 bits per heavy atom. The zero-order valence-electron chi connectivity index (χ0n) is 15.8. The van der Waals surface area contributed by atoms with Crippen LogP contribution in [0.4, 0.5) is 0 Å². The Kier molecular flexibility index (Phi) is 8.21. The lowest BCUT2D eigenvalue weighted by Gasteiger charge is -2.31. The van der Waals surface area contributed by atoms with Gasteiger partial charge in [0, 0.05) is 32.2 Å². The molecule has 0 spiro atoms. The van der Waals surface area contributed by atoms with E-state index in [0.29, 0.717) is 6.54 Å². The Balaban J connectivity index is 1.68. The van der Waals surface area contributed by atoms with Crippen molar-refractivity contribution < 1.29 is 9.53 Å². The molecular weight excluding hydrogens is 330 g/mol. The number of nitrogens with one attached hydrogen (secondary N) is 2. The van der Waals surface area contributed by atoms with Crippen molar-refractivity contribution in [2.24, 2.45) is 16.6 Å². The highest BCUT2D eigenvalue weighted by Gasteiger charge is 2.23. The maximum Gasteiger partial charge on any atom is 0.221 e. The first kappa shape index (κ1) is 20.0. The molecule has 1 unspecified atom stereocenters. The number of methoxy groups -OCH3 is 1. The van der Waals surface area contributed by atoms with E-state index in [4.69, 9.17) is 10.5 Å². The molecule has 7 heteroatoms. The monoisotopic (exact) mass is 361 g/mol. The van der Waals surface area contributed by atoms with Gasteiger partial charge in [-0.15, -0.1) is 0 Å². The molecule has 0 radical (unpaired) electrons. The normalized spacial score (nSPS) is 18.4. The summed E-state index contributed by atoms with van der Waals surface area (Å²) in [6.07, 6.45) is 2.95. The third kappa shape index (κ3) is 6.22. The molecule has 1 amide bonds. The first-order valence-corrected chi connectivity index (χ1v) is 9.22. The van der Waals surface area contributed by atoms with Gasteiger partial charge >= 0.3 is 0 Å². The number of para-hydroxylation sites is 1. The fraction of sp³-hybridized carbons (Fsp3) is 0.579. The van der Waals surface area contributed by atoms with Crippen molar-refractivity contribution >= 4 is 11.9 Å². The number of benzene rings is 1. The van der Waals surface area contributed by atoms with Crippen LogP contribution in [0, 0.1) is 5.92 Å². The number of rotatable bonds is 8. The Morgan fingerprint density at radius 1 is 1.38 bits per heavy atom. The molecule has 0 aromatic heterocycles. The van der Waals surface area contributed by atoms with Gasteiger partial charge in [0.25, 0.3) is 0 Å². The summed E-state index contributed by atoms with van der Waals surface area (Å²) in [5.41, 5.74) is 6.52. The number of carbonyl (C=O) groups excluding carboxylic acids is 1. The van der Waals surface area contributed by atoms with E-state index in [1.807, 2.05) is 24.3 Å². The number of hydrogen-bond donors (Lipinski definition) is 3. The molecule has 1 aromatic carbocycles. The number of primary amides is 1. The summed E-state index contributed by atoms with van der Waals surface area (Å²) in [5, 5.41) is 6.64. The van der Waals surface area contributed by atoms with Gasteiger partial charge in [0.15, 0.2) is 5.96 Å². The lowest BCUT2D eigenvalue weighted by molar-refractivity contribution is -0.123. The third-order valence-corrected chi connectivity index (χ3v) is 4.71. The van der Waals surface area contributed by atoms with E-state index in [9.17, 15) is 4.79 Å². The molecule has 1 fully saturated rings. The second-order valence-corrected chi connectivity index (χ2v) is 6.56. The van der Waals surface area contributed by atoms with Gasteiger partial charge < -0.3 is 26.0 Å². The van der Waals surface area contributed by atoms with Crippen LogP contribution in [0.2, 0.25) is 0 Å². The average Bonchev–Trinajstić information content (AvgIpc) is 2.67. The van der Waals surface area contributed by atoms with Crippen molar-refractivity contribution in [1.82, 2.24) is 15.5 Å². The van der Waals surface area contributed by atoms with Gasteiger partial charge in [-0.25, -0.2) is 0 Å². The molecule has 144 valence electrons. The molecule has 26 heavy (non-hydrogen) atoms. The van der Waals surface area contributed by atoms with E-state index < -0.39 is 0 Å². The fourth-order valence-corrected chi connectivity index (χ4v) is 3.25. The standard InChI is InChI=1S/C19H31N5O2/c1-21-19(23-13-15-7-3-4-9-17(15)26-2)22-10-6-12-24-11-5-8-16(14-24)18(20)25/h3-4,7,9,16H,5-6,8,10-14H2,1-2H3,(H2,20,25)(H2,21,22,23). The molecular formula is C19H31N5O2. The van der Waals surface area contributed by atoms with Crippen molar-refractivity contribution in [2.45, 2.75) is 25.8 Å². The highest BCUT2D eigenvalue weighted by molar-refractivity contribution is 5.79. The summed E-state index contributed by atoms with van der Waals surface area (Å²) >= 11 is 0. The van der Waals surface area contributed by atoms with Crippen LogP contribution in [0.3, 0.4) is 0 Å². The minimum Gasteiger partial charge on any atom is -0.496 e. The van der Waals surface area contributed by atoms with Gasteiger partial charge in [-0.3, -0.25) is 9.79 Å². The van der Waals surface area contributed by atoms with E-state index in [0.717, 1.165) is 62.7 Å². The molecule has 1 aromatic rings. The maximum absolute atomic E-state index is 11.3. The largest absolute Gasteiger partial charge is 0.496 e. The van der Waals surface area contributed by atoms with Crippen molar-refractivity contribution in [1.29, 1.82) is 0 Å². The first-order chi connectivity index (χ1) is 12.6. The molecule has 1 saturated heterocycles. The van der Waals surface area contributed by atoms with Crippen LogP contribution < -0.4 is 21.1 Å². The van der Waals surface area contributed by atoms with Crippen LogP contribution in [0.15, 0.2) is 29.3 Å². The van der Waals surface area contributed by atoms with Gasteiger partial charge in [0.1, 0.15) is 5.75 Å². The molecule has 0 aliphatic carbocycles. The molecule has 1 aliphatic heterocycles. The van der Waals surface area contributed by atoms with Crippen LogP contribution in [0.25, 0.3) is 0 Å². The molecule has 7 nitrogen and oxygen atoms in total. The topological polar surface area (TPSA) is 92.0 Å². The third-order valence-electron chi connectivity index (χ3n) is 4.71. The van der Waals surface area contributed by atoms with Crippen LogP contribution >= 0.6 is 0 Å². The minimum atomic E-state index is -0.172. The van der Waals surface area contributed by atoms with Crippen LogP contribution in [-0.4, -0.2) is 57.1 Å². The second-order valence-electron chi connectivity index (χ2n) is 6.56. The number of amides is 1. The second kappa shape index (κ2) is 10.7. The number of carbonyl (C=O) groups is 1. The summed E-state index contributed by atoms with van der Waals surface area (Å²) in [5.74, 6) is 1.47. The number of hydrogen-bond acceptors (Lipinski definition) is 4. The Hall–Kier alpha value is -2.28. The summed E-state index contributed by atoms with van der Waals surface area (Å²) < 4.78 is 5.36. The number of ether oxygens (including phenoxy) is 1. The zero-order chi connectivity index (χ0) is 18.8. The molecule has 1 aliphatic rings. The summed E-state index contributed by atoms with van der Waals surface area (Å²) in [6.45, 7) is 4.26. The van der Waals surface area contributed by atoms with Gasteiger partial charge in [-0.1, -0.05) is 18.2 Å². The molecule has 0 bridgehead atoms. The number of aliphatic imine (C=N–C) groups is 1. The molecule has 0 saturated carbocycles. The Morgan fingerprint density at radius 2 is 2.19 bits per heavy atom. The highest BCUT2D eigenvalue weighted by Crippen LogP contribution is 2.17. The van der Waals surface area contributed by atoms with Crippen LogP contribution in [0.5, 0.6) is 5.75 Å². The molecule has 4 N–H and O–H groups in total. The SMILES string of the molecule is CN=C(NCCCN1CCCC(C(N)=O)C1)NCc1ccccc1OC. The van der Waals surface area contributed by atoms with Gasteiger partial charge in [0.05, 0.1) is 13.0 Å². The van der Waals surface area contributed by atoms with Crippen molar-refractivity contribution in [2.75, 3.05) is 40.3 Å². The number of nitrogens with zero attached hydrogens (tertiary/aromatic N) is 2. The minimum absolute atomic E-state index is 0.00648. The van der Waals surface area contributed by atoms with E-state index in [1.54, 1.807) is 14.2 Å². The van der Waals surface area contributed by atoms with Crippen molar-refractivity contribution in [3.63, 3.8) is 0 Å². The van der Waals surface area contributed by atoms with E-state index in [1.165, 1.54) is 0 Å².